The van der Waals surface area contributed by atoms with Crippen LogP contribution in [-0.4, -0.2) is 10.0 Å². The van der Waals surface area contributed by atoms with Crippen molar-refractivity contribution in [2.45, 2.75) is 20.1 Å². The van der Waals surface area contributed by atoms with Gasteiger partial charge in [0, 0.05) is 17.7 Å². The minimum Gasteiger partial charge on any atom is -0.489 e. The number of benzene rings is 2. The Labute approximate surface area is 120 Å². The van der Waals surface area contributed by atoms with Crippen LogP contribution in [0, 0.1) is 22.9 Å². The van der Waals surface area contributed by atoms with Crippen LogP contribution in [0.2, 0.25) is 0 Å². The second-order valence-corrected chi connectivity index (χ2v) is 4.57. The van der Waals surface area contributed by atoms with E-state index < -0.39 is 4.92 Å². The molecule has 5 nitrogen and oxygen atoms in total. The summed E-state index contributed by atoms with van der Waals surface area (Å²) in [5, 5.41) is 19.9. The number of aliphatic hydroxyl groups is 1. The van der Waals surface area contributed by atoms with Crippen LogP contribution in [0.5, 0.6) is 5.75 Å². The number of nitro groups is 1. The molecule has 110 valence electrons. The molecule has 2 rings (SSSR count). The van der Waals surface area contributed by atoms with E-state index in [1.165, 1.54) is 30.3 Å². The Kier molecular flexibility index (Phi) is 4.49. The van der Waals surface area contributed by atoms with Crippen LogP contribution in [0.15, 0.2) is 36.4 Å². The Morgan fingerprint density at radius 2 is 2.00 bits per heavy atom. The van der Waals surface area contributed by atoms with Gasteiger partial charge in [0.05, 0.1) is 11.5 Å². The molecule has 0 fully saturated rings. The molecule has 2 aromatic rings. The first-order valence-electron chi connectivity index (χ1n) is 6.27. The Morgan fingerprint density at radius 1 is 1.24 bits per heavy atom. The smallest absolute Gasteiger partial charge is 0.270 e. The van der Waals surface area contributed by atoms with Gasteiger partial charge in [0.2, 0.25) is 0 Å². The Bertz CT molecular complexity index is 673. The molecule has 0 aliphatic heterocycles. The van der Waals surface area contributed by atoms with Gasteiger partial charge in [-0.25, -0.2) is 4.39 Å². The monoisotopic (exact) mass is 291 g/mol. The molecule has 0 aromatic heterocycles. The summed E-state index contributed by atoms with van der Waals surface area (Å²) in [6.07, 6.45) is 0. The summed E-state index contributed by atoms with van der Waals surface area (Å²) in [5.41, 5.74) is 1.76. The maximum absolute atomic E-state index is 13.2. The van der Waals surface area contributed by atoms with Gasteiger partial charge in [0.1, 0.15) is 18.2 Å². The van der Waals surface area contributed by atoms with Crippen LogP contribution < -0.4 is 4.74 Å². The van der Waals surface area contributed by atoms with Crippen molar-refractivity contribution in [3.63, 3.8) is 0 Å². The molecule has 0 spiro atoms. The van der Waals surface area contributed by atoms with E-state index in [1.54, 1.807) is 6.07 Å². The number of nitrogens with zero attached hydrogens (tertiary/aromatic N) is 1. The molecule has 21 heavy (non-hydrogen) atoms. The molecule has 2 aromatic carbocycles. The van der Waals surface area contributed by atoms with Crippen molar-refractivity contribution in [3.8, 4) is 5.75 Å². The van der Waals surface area contributed by atoms with Gasteiger partial charge in [0.25, 0.3) is 5.69 Å². The lowest BCUT2D eigenvalue weighted by atomic mass is 10.1. The number of rotatable bonds is 5. The van der Waals surface area contributed by atoms with Crippen molar-refractivity contribution in [3.05, 3.63) is 69.0 Å². The molecule has 0 saturated heterocycles. The molecular weight excluding hydrogens is 277 g/mol. The highest BCUT2D eigenvalue weighted by Crippen LogP contribution is 2.25. The van der Waals surface area contributed by atoms with Crippen molar-refractivity contribution >= 4 is 5.69 Å². The van der Waals surface area contributed by atoms with Gasteiger partial charge in [-0.15, -0.1) is 0 Å². The summed E-state index contributed by atoms with van der Waals surface area (Å²) in [7, 11) is 0. The van der Waals surface area contributed by atoms with Crippen molar-refractivity contribution in [1.82, 2.24) is 0 Å². The lowest BCUT2D eigenvalue weighted by Gasteiger charge is -2.11. The van der Waals surface area contributed by atoms with Gasteiger partial charge in [0.15, 0.2) is 0 Å². The van der Waals surface area contributed by atoms with Gasteiger partial charge in [-0.1, -0.05) is 6.07 Å². The van der Waals surface area contributed by atoms with Gasteiger partial charge < -0.3 is 9.84 Å². The molecule has 0 aliphatic rings. The molecule has 0 heterocycles. The van der Waals surface area contributed by atoms with E-state index in [2.05, 4.69) is 0 Å². The van der Waals surface area contributed by atoms with Crippen molar-refractivity contribution in [1.29, 1.82) is 0 Å². The van der Waals surface area contributed by atoms with Crippen LogP contribution >= 0.6 is 0 Å². The molecule has 0 amide bonds. The zero-order chi connectivity index (χ0) is 15.4. The maximum atomic E-state index is 13.2. The predicted octanol–water partition coefficient (Wildman–Crippen LogP) is 3.11. The van der Waals surface area contributed by atoms with Gasteiger partial charge in [-0.05, 0) is 36.2 Å². The number of ether oxygens (including phenoxy) is 1. The van der Waals surface area contributed by atoms with Crippen LogP contribution in [0.4, 0.5) is 10.1 Å². The van der Waals surface area contributed by atoms with E-state index in [9.17, 15) is 19.6 Å². The van der Waals surface area contributed by atoms with Gasteiger partial charge >= 0.3 is 0 Å². The molecule has 0 bridgehead atoms. The molecule has 0 unspecified atom stereocenters. The number of non-ortho nitro benzene ring substituents is 1. The average molecular weight is 291 g/mol. The fourth-order valence-electron chi connectivity index (χ4n) is 1.89. The van der Waals surface area contributed by atoms with Crippen molar-refractivity contribution < 1.29 is 19.2 Å². The zero-order valence-electron chi connectivity index (χ0n) is 11.4. The number of nitro benzene ring substituents is 1. The van der Waals surface area contributed by atoms with E-state index in [4.69, 9.17) is 4.74 Å². The number of hydrogen-bond acceptors (Lipinski definition) is 4. The Hall–Kier alpha value is -2.47. The second-order valence-electron chi connectivity index (χ2n) is 4.57. The third-order valence-corrected chi connectivity index (χ3v) is 3.12. The van der Waals surface area contributed by atoms with Gasteiger partial charge in [-0.3, -0.25) is 10.1 Å². The first-order valence-corrected chi connectivity index (χ1v) is 6.27. The zero-order valence-corrected chi connectivity index (χ0v) is 11.4. The summed E-state index contributed by atoms with van der Waals surface area (Å²) < 4.78 is 18.7. The highest BCUT2D eigenvalue weighted by Gasteiger charge is 2.12. The molecule has 0 radical (unpaired) electrons. The van der Waals surface area contributed by atoms with Crippen LogP contribution in [0.1, 0.15) is 16.7 Å². The first kappa shape index (κ1) is 14.9. The van der Waals surface area contributed by atoms with E-state index in [0.29, 0.717) is 16.9 Å². The van der Waals surface area contributed by atoms with E-state index in [1.807, 2.05) is 6.92 Å². The third kappa shape index (κ3) is 3.55. The molecule has 1 N–H and O–H groups in total. The number of hydrogen-bond donors (Lipinski definition) is 1. The van der Waals surface area contributed by atoms with Crippen molar-refractivity contribution in [2.75, 3.05) is 0 Å². The highest BCUT2D eigenvalue weighted by molar-refractivity contribution is 5.43. The average Bonchev–Trinajstić information content (AvgIpc) is 2.47. The summed E-state index contributed by atoms with van der Waals surface area (Å²) >= 11 is 0. The molecule has 6 heteroatoms. The normalized spacial score (nSPS) is 10.4. The maximum Gasteiger partial charge on any atom is 0.270 e. The van der Waals surface area contributed by atoms with Crippen LogP contribution in [0.25, 0.3) is 0 Å². The molecule has 0 atom stereocenters. The number of aliphatic hydroxyl groups excluding tert-OH is 1. The fourth-order valence-corrected chi connectivity index (χ4v) is 1.89. The Balaban J connectivity index is 2.19. The minimum absolute atomic E-state index is 0.117. The summed E-state index contributed by atoms with van der Waals surface area (Å²) in [5.74, 6) is -0.0166. The lowest BCUT2D eigenvalue weighted by Crippen LogP contribution is -2.02. The largest absolute Gasteiger partial charge is 0.489 e. The summed E-state index contributed by atoms with van der Waals surface area (Å²) in [6.45, 7) is 1.58. The van der Waals surface area contributed by atoms with Crippen LogP contribution in [-0.2, 0) is 13.2 Å². The summed E-state index contributed by atoms with van der Waals surface area (Å²) in [6, 6.07) is 8.37. The Morgan fingerprint density at radius 3 is 2.67 bits per heavy atom. The standard InChI is InChI=1S/C15H14FNO4/c1-10-2-3-13(16)6-12(10)9-21-15-5-4-14(17(19)20)7-11(15)8-18/h2-7,18H,8-9H2,1H3. The predicted molar refractivity (Wildman–Crippen MR) is 74.5 cm³/mol. The SMILES string of the molecule is Cc1ccc(F)cc1COc1ccc([N+](=O)[O-])cc1CO. The van der Waals surface area contributed by atoms with Crippen molar-refractivity contribution in [2.24, 2.45) is 0 Å². The van der Waals surface area contributed by atoms with Gasteiger partial charge in [-0.2, -0.15) is 0 Å². The second kappa shape index (κ2) is 6.32. The minimum atomic E-state index is -0.542. The van der Waals surface area contributed by atoms with E-state index in [-0.39, 0.29) is 24.7 Å². The topological polar surface area (TPSA) is 72.6 Å². The third-order valence-electron chi connectivity index (χ3n) is 3.12. The van der Waals surface area contributed by atoms with E-state index >= 15 is 0 Å². The molecule has 0 saturated carbocycles. The molecular formula is C15H14FNO4. The first-order chi connectivity index (χ1) is 10.0. The molecule has 0 aliphatic carbocycles. The number of aryl methyl sites for hydroxylation is 1. The number of halogens is 1. The van der Waals surface area contributed by atoms with E-state index in [0.717, 1.165) is 5.56 Å². The quantitative estimate of drug-likeness (QED) is 0.678. The van der Waals surface area contributed by atoms with Crippen LogP contribution in [0.3, 0.4) is 0 Å². The lowest BCUT2D eigenvalue weighted by molar-refractivity contribution is -0.385. The fraction of sp³-hybridized carbons (Fsp3) is 0.200. The summed E-state index contributed by atoms with van der Waals surface area (Å²) in [4.78, 5) is 10.1. The highest BCUT2D eigenvalue weighted by atomic mass is 19.1.